The number of rotatable bonds is 2. The number of halogens is 3. The predicted molar refractivity (Wildman–Crippen MR) is 70.8 cm³/mol. The molecule has 0 bridgehead atoms. The van der Waals surface area contributed by atoms with Crippen LogP contribution in [0.3, 0.4) is 0 Å². The molecule has 2 nitrogen and oxygen atoms in total. The summed E-state index contributed by atoms with van der Waals surface area (Å²) in [6, 6.07) is 10.4. The van der Waals surface area contributed by atoms with Gasteiger partial charge in [-0.2, -0.15) is 0 Å². The summed E-state index contributed by atoms with van der Waals surface area (Å²) >= 11 is 11.6. The molecule has 1 amide bonds. The number of carbonyl (C=O) groups excluding carboxylic acids is 1. The Kier molecular flexibility index (Phi) is 3.84. The molecule has 2 aromatic carbocycles. The summed E-state index contributed by atoms with van der Waals surface area (Å²) in [4.78, 5) is 11.8. The Hall–Kier alpha value is -1.58. The van der Waals surface area contributed by atoms with Gasteiger partial charge in [0, 0.05) is 5.69 Å². The van der Waals surface area contributed by atoms with Crippen molar-refractivity contribution < 1.29 is 9.18 Å². The molecule has 0 spiro atoms. The first-order chi connectivity index (χ1) is 8.58. The van der Waals surface area contributed by atoms with E-state index in [1.165, 1.54) is 24.3 Å². The molecule has 92 valence electrons. The van der Waals surface area contributed by atoms with Crippen LogP contribution < -0.4 is 5.32 Å². The lowest BCUT2D eigenvalue weighted by atomic mass is 10.2. The summed E-state index contributed by atoms with van der Waals surface area (Å²) in [6.07, 6.45) is 0. The van der Waals surface area contributed by atoms with E-state index >= 15 is 0 Å². The Balaban J connectivity index is 2.22. The molecule has 0 saturated heterocycles. The van der Waals surface area contributed by atoms with Crippen molar-refractivity contribution in [3.05, 3.63) is 63.9 Å². The Bertz CT molecular complexity index is 601. The highest BCUT2D eigenvalue weighted by Crippen LogP contribution is 2.25. The Morgan fingerprint density at radius 3 is 2.44 bits per heavy atom. The molecule has 0 aromatic heterocycles. The second kappa shape index (κ2) is 5.38. The predicted octanol–water partition coefficient (Wildman–Crippen LogP) is 4.38. The molecule has 1 N–H and O–H groups in total. The van der Waals surface area contributed by atoms with Gasteiger partial charge in [0.25, 0.3) is 5.91 Å². The lowest BCUT2D eigenvalue weighted by molar-refractivity contribution is 0.102. The molecule has 0 unspecified atom stereocenters. The number of carbonyl (C=O) groups is 1. The topological polar surface area (TPSA) is 29.1 Å². The average Bonchev–Trinajstić information content (AvgIpc) is 2.34. The summed E-state index contributed by atoms with van der Waals surface area (Å²) in [6.45, 7) is 0. The molecule has 5 heteroatoms. The molecule has 0 radical (unpaired) electrons. The van der Waals surface area contributed by atoms with Crippen molar-refractivity contribution in [2.45, 2.75) is 0 Å². The van der Waals surface area contributed by atoms with Crippen LogP contribution in [0.4, 0.5) is 10.1 Å². The molecule has 2 aromatic rings. The highest BCUT2D eigenvalue weighted by molar-refractivity contribution is 6.42. The van der Waals surface area contributed by atoms with Gasteiger partial charge < -0.3 is 5.32 Å². The number of anilines is 1. The molecule has 18 heavy (non-hydrogen) atoms. The SMILES string of the molecule is O=C(Nc1ccc(Cl)c(Cl)c1)c1ccccc1F. The van der Waals surface area contributed by atoms with Crippen LogP contribution in [-0.4, -0.2) is 5.91 Å². The quantitative estimate of drug-likeness (QED) is 0.870. The minimum Gasteiger partial charge on any atom is -0.322 e. The zero-order chi connectivity index (χ0) is 13.1. The van der Waals surface area contributed by atoms with E-state index in [4.69, 9.17) is 23.2 Å². The van der Waals surface area contributed by atoms with Crippen LogP contribution in [-0.2, 0) is 0 Å². The van der Waals surface area contributed by atoms with Gasteiger partial charge in [-0.05, 0) is 30.3 Å². The molecule has 2 rings (SSSR count). The fraction of sp³-hybridized carbons (Fsp3) is 0. The average molecular weight is 284 g/mol. The Morgan fingerprint density at radius 2 is 1.78 bits per heavy atom. The van der Waals surface area contributed by atoms with Crippen LogP contribution in [0.5, 0.6) is 0 Å². The molecule has 0 atom stereocenters. The number of hydrogen-bond donors (Lipinski definition) is 1. The lowest BCUT2D eigenvalue weighted by Crippen LogP contribution is -2.13. The van der Waals surface area contributed by atoms with Crippen LogP contribution in [0.2, 0.25) is 10.0 Å². The summed E-state index contributed by atoms with van der Waals surface area (Å²) in [5.74, 6) is -1.11. The third-order valence-electron chi connectivity index (χ3n) is 2.30. The van der Waals surface area contributed by atoms with Gasteiger partial charge in [0.2, 0.25) is 0 Å². The summed E-state index contributed by atoms with van der Waals surface area (Å²) in [5, 5.41) is 3.26. The van der Waals surface area contributed by atoms with Gasteiger partial charge >= 0.3 is 0 Å². The summed E-state index contributed by atoms with van der Waals surface area (Å²) < 4.78 is 13.4. The van der Waals surface area contributed by atoms with Crippen LogP contribution in [0.15, 0.2) is 42.5 Å². The molecule has 0 heterocycles. The Morgan fingerprint density at radius 1 is 1.06 bits per heavy atom. The maximum Gasteiger partial charge on any atom is 0.258 e. The van der Waals surface area contributed by atoms with Gasteiger partial charge in [-0.15, -0.1) is 0 Å². The van der Waals surface area contributed by atoms with Crippen LogP contribution >= 0.6 is 23.2 Å². The smallest absolute Gasteiger partial charge is 0.258 e. The van der Waals surface area contributed by atoms with Crippen LogP contribution in [0, 0.1) is 5.82 Å². The first-order valence-corrected chi connectivity index (χ1v) is 5.84. The second-order valence-corrected chi connectivity index (χ2v) is 4.38. The van der Waals surface area contributed by atoms with E-state index in [9.17, 15) is 9.18 Å². The standard InChI is InChI=1S/C13H8Cl2FNO/c14-10-6-5-8(7-11(10)15)17-13(18)9-3-1-2-4-12(9)16/h1-7H,(H,17,18). The third kappa shape index (κ3) is 2.81. The van der Waals surface area contributed by atoms with E-state index in [0.717, 1.165) is 0 Å². The van der Waals surface area contributed by atoms with Crippen molar-refractivity contribution in [1.82, 2.24) is 0 Å². The molecular weight excluding hydrogens is 276 g/mol. The number of amides is 1. The number of hydrogen-bond acceptors (Lipinski definition) is 1. The summed E-state index contributed by atoms with van der Waals surface area (Å²) in [5.41, 5.74) is 0.432. The van der Waals surface area contributed by atoms with Gasteiger partial charge in [0.15, 0.2) is 0 Å². The van der Waals surface area contributed by atoms with Crippen molar-refractivity contribution in [3.63, 3.8) is 0 Å². The Labute approximate surface area is 113 Å². The van der Waals surface area contributed by atoms with Crippen molar-refractivity contribution in [2.75, 3.05) is 5.32 Å². The lowest BCUT2D eigenvalue weighted by Gasteiger charge is -2.06. The van der Waals surface area contributed by atoms with E-state index in [0.29, 0.717) is 15.7 Å². The highest BCUT2D eigenvalue weighted by atomic mass is 35.5. The minimum atomic E-state index is -0.574. The first kappa shape index (κ1) is 12.9. The fourth-order valence-corrected chi connectivity index (χ4v) is 1.72. The van der Waals surface area contributed by atoms with Crippen LogP contribution in [0.25, 0.3) is 0 Å². The van der Waals surface area contributed by atoms with E-state index < -0.39 is 11.7 Å². The first-order valence-electron chi connectivity index (χ1n) is 5.09. The third-order valence-corrected chi connectivity index (χ3v) is 3.03. The van der Waals surface area contributed by atoms with Crippen molar-refractivity contribution in [2.24, 2.45) is 0 Å². The summed E-state index contributed by atoms with van der Waals surface area (Å²) in [7, 11) is 0. The fourth-order valence-electron chi connectivity index (χ4n) is 1.42. The molecule has 0 aliphatic carbocycles. The highest BCUT2D eigenvalue weighted by Gasteiger charge is 2.11. The molecular formula is C13H8Cl2FNO. The van der Waals surface area contributed by atoms with Gasteiger partial charge in [-0.25, -0.2) is 4.39 Å². The molecule has 0 aliphatic rings. The maximum atomic E-state index is 13.4. The monoisotopic (exact) mass is 283 g/mol. The normalized spacial score (nSPS) is 10.2. The van der Waals surface area contributed by atoms with E-state index in [1.807, 2.05) is 0 Å². The van der Waals surface area contributed by atoms with Crippen LogP contribution in [0.1, 0.15) is 10.4 Å². The zero-order valence-corrected chi connectivity index (χ0v) is 10.6. The largest absolute Gasteiger partial charge is 0.322 e. The van der Waals surface area contributed by atoms with Gasteiger partial charge in [0.05, 0.1) is 15.6 Å². The van der Waals surface area contributed by atoms with E-state index in [2.05, 4.69) is 5.32 Å². The second-order valence-electron chi connectivity index (χ2n) is 3.56. The van der Waals surface area contributed by atoms with E-state index in [1.54, 1.807) is 18.2 Å². The molecule has 0 saturated carbocycles. The van der Waals surface area contributed by atoms with Crippen molar-refractivity contribution >= 4 is 34.8 Å². The maximum absolute atomic E-state index is 13.4. The van der Waals surface area contributed by atoms with Gasteiger partial charge in [-0.3, -0.25) is 4.79 Å². The number of benzene rings is 2. The minimum absolute atomic E-state index is 0.0245. The van der Waals surface area contributed by atoms with Crippen molar-refractivity contribution in [1.29, 1.82) is 0 Å². The van der Waals surface area contributed by atoms with Crippen molar-refractivity contribution in [3.8, 4) is 0 Å². The number of nitrogens with one attached hydrogen (secondary N) is 1. The molecule has 0 aliphatic heterocycles. The van der Waals surface area contributed by atoms with Gasteiger partial charge in [-0.1, -0.05) is 35.3 Å². The zero-order valence-electron chi connectivity index (χ0n) is 9.08. The van der Waals surface area contributed by atoms with Gasteiger partial charge in [0.1, 0.15) is 5.82 Å². The molecule has 0 fully saturated rings. The van der Waals surface area contributed by atoms with E-state index in [-0.39, 0.29) is 5.56 Å².